The van der Waals surface area contributed by atoms with E-state index in [9.17, 15) is 4.79 Å². The van der Waals surface area contributed by atoms with Crippen LogP contribution in [0.3, 0.4) is 0 Å². The molecule has 0 aromatic heterocycles. The van der Waals surface area contributed by atoms with Gasteiger partial charge >= 0.3 is 0 Å². The van der Waals surface area contributed by atoms with Crippen LogP contribution >= 0.6 is 0 Å². The highest BCUT2D eigenvalue weighted by Crippen LogP contribution is 2.15. The minimum atomic E-state index is 0.161. The molecule has 0 aliphatic carbocycles. The normalized spacial score (nSPS) is 10.2. The first kappa shape index (κ1) is 15.1. The predicted octanol–water partition coefficient (Wildman–Crippen LogP) is 4.08. The molecule has 0 aliphatic rings. The van der Waals surface area contributed by atoms with Crippen LogP contribution in [0.5, 0.6) is 5.75 Å². The Labute approximate surface area is 126 Å². The van der Waals surface area contributed by atoms with E-state index < -0.39 is 0 Å². The third kappa shape index (κ3) is 4.63. The summed E-state index contributed by atoms with van der Waals surface area (Å²) in [4.78, 5) is 12.0. The second-order valence-electron chi connectivity index (χ2n) is 4.92. The van der Waals surface area contributed by atoms with E-state index in [1.165, 1.54) is 5.56 Å². The molecule has 0 heterocycles. The first-order chi connectivity index (χ1) is 10.2. The van der Waals surface area contributed by atoms with E-state index in [0.717, 1.165) is 17.0 Å². The third-order valence-electron chi connectivity index (χ3n) is 3.22. The summed E-state index contributed by atoms with van der Waals surface area (Å²) < 4.78 is 5.39. The van der Waals surface area contributed by atoms with Crippen molar-refractivity contribution in [2.45, 2.75) is 20.3 Å². The fraction of sp³-hybridized carbons (Fsp3) is 0.278. The van der Waals surface area contributed by atoms with Crippen LogP contribution in [0.4, 0.5) is 5.69 Å². The number of rotatable bonds is 7. The molecular weight excluding hydrogens is 262 g/mol. The molecule has 21 heavy (non-hydrogen) atoms. The minimum absolute atomic E-state index is 0.161. The lowest BCUT2D eigenvalue weighted by molar-refractivity contribution is 0.0986. The number of ether oxygens (including phenoxy) is 1. The van der Waals surface area contributed by atoms with Crippen LogP contribution in [0, 0.1) is 6.92 Å². The molecule has 0 bridgehead atoms. The quantitative estimate of drug-likeness (QED) is 0.778. The summed E-state index contributed by atoms with van der Waals surface area (Å²) in [5, 5.41) is 3.25. The van der Waals surface area contributed by atoms with Gasteiger partial charge in [-0.1, -0.05) is 29.8 Å². The highest BCUT2D eigenvalue weighted by atomic mass is 16.5. The number of ketones is 1. The molecule has 1 N–H and O–H groups in total. The molecule has 0 atom stereocenters. The maximum absolute atomic E-state index is 12.0. The van der Waals surface area contributed by atoms with Gasteiger partial charge < -0.3 is 10.1 Å². The number of nitrogens with one attached hydrogen (secondary N) is 1. The second kappa shape index (κ2) is 7.48. The number of carbonyl (C=O) groups is 1. The van der Waals surface area contributed by atoms with Crippen molar-refractivity contribution < 1.29 is 9.53 Å². The van der Waals surface area contributed by atoms with Gasteiger partial charge in [0.15, 0.2) is 5.78 Å². The smallest absolute Gasteiger partial charge is 0.164 e. The summed E-state index contributed by atoms with van der Waals surface area (Å²) in [6.45, 7) is 5.27. The molecule has 0 aliphatic heterocycles. The Kier molecular flexibility index (Phi) is 5.38. The molecular formula is C18H21NO2. The number of hydrogen-bond donors (Lipinski definition) is 1. The van der Waals surface area contributed by atoms with Crippen molar-refractivity contribution in [2.24, 2.45) is 0 Å². The standard InChI is InChI=1S/C18H21NO2/c1-3-21-17-10-8-16(9-11-17)19-13-12-18(20)15-6-4-14(2)5-7-15/h4-11,19H,3,12-13H2,1-2H3. The van der Waals surface area contributed by atoms with Gasteiger partial charge in [-0.2, -0.15) is 0 Å². The van der Waals surface area contributed by atoms with Gasteiger partial charge in [-0.25, -0.2) is 0 Å². The van der Waals surface area contributed by atoms with E-state index in [0.29, 0.717) is 19.6 Å². The largest absolute Gasteiger partial charge is 0.494 e. The summed E-state index contributed by atoms with van der Waals surface area (Å²) >= 11 is 0. The van der Waals surface area contributed by atoms with E-state index >= 15 is 0 Å². The molecule has 3 heteroatoms. The van der Waals surface area contributed by atoms with Gasteiger partial charge in [0.2, 0.25) is 0 Å². The molecule has 2 rings (SSSR count). The number of carbonyl (C=O) groups excluding carboxylic acids is 1. The van der Waals surface area contributed by atoms with Crippen LogP contribution in [0.15, 0.2) is 48.5 Å². The van der Waals surface area contributed by atoms with E-state index in [4.69, 9.17) is 4.74 Å². The Morgan fingerprint density at radius 2 is 1.71 bits per heavy atom. The molecule has 3 nitrogen and oxygen atoms in total. The van der Waals surface area contributed by atoms with Gasteiger partial charge in [0, 0.05) is 24.2 Å². The average molecular weight is 283 g/mol. The fourth-order valence-corrected chi connectivity index (χ4v) is 2.04. The van der Waals surface area contributed by atoms with Crippen LogP contribution in [-0.4, -0.2) is 18.9 Å². The molecule has 0 spiro atoms. The summed E-state index contributed by atoms with van der Waals surface area (Å²) in [6.07, 6.45) is 0.482. The summed E-state index contributed by atoms with van der Waals surface area (Å²) in [6, 6.07) is 15.5. The molecule has 0 unspecified atom stereocenters. The minimum Gasteiger partial charge on any atom is -0.494 e. The van der Waals surface area contributed by atoms with E-state index in [-0.39, 0.29) is 5.78 Å². The number of benzene rings is 2. The zero-order chi connectivity index (χ0) is 15.1. The van der Waals surface area contributed by atoms with Crippen LogP contribution in [0.25, 0.3) is 0 Å². The first-order valence-electron chi connectivity index (χ1n) is 7.25. The summed E-state index contributed by atoms with van der Waals surface area (Å²) in [5.74, 6) is 1.02. The highest BCUT2D eigenvalue weighted by Gasteiger charge is 2.04. The Morgan fingerprint density at radius 3 is 2.33 bits per heavy atom. The van der Waals surface area contributed by atoms with Gasteiger partial charge in [0.05, 0.1) is 6.61 Å². The van der Waals surface area contributed by atoms with E-state index in [1.54, 1.807) is 0 Å². The van der Waals surface area contributed by atoms with Crippen molar-refractivity contribution in [3.63, 3.8) is 0 Å². The Morgan fingerprint density at radius 1 is 1.05 bits per heavy atom. The van der Waals surface area contributed by atoms with Crippen molar-refractivity contribution >= 4 is 11.5 Å². The van der Waals surface area contributed by atoms with Gasteiger partial charge in [-0.3, -0.25) is 4.79 Å². The molecule has 0 amide bonds. The van der Waals surface area contributed by atoms with Crippen molar-refractivity contribution in [2.75, 3.05) is 18.5 Å². The topological polar surface area (TPSA) is 38.3 Å². The lowest BCUT2D eigenvalue weighted by atomic mass is 10.1. The summed E-state index contributed by atoms with van der Waals surface area (Å²) in [7, 11) is 0. The lowest BCUT2D eigenvalue weighted by Crippen LogP contribution is -2.08. The number of hydrogen-bond acceptors (Lipinski definition) is 3. The molecule has 0 saturated carbocycles. The Balaban J connectivity index is 1.80. The maximum Gasteiger partial charge on any atom is 0.164 e. The van der Waals surface area contributed by atoms with Crippen molar-refractivity contribution in [3.8, 4) is 5.75 Å². The van der Waals surface area contributed by atoms with Gasteiger partial charge in [-0.15, -0.1) is 0 Å². The molecule has 0 radical (unpaired) electrons. The molecule has 2 aromatic rings. The second-order valence-corrected chi connectivity index (χ2v) is 4.92. The molecule has 110 valence electrons. The van der Waals surface area contributed by atoms with E-state index in [1.807, 2.05) is 62.4 Å². The monoisotopic (exact) mass is 283 g/mol. The lowest BCUT2D eigenvalue weighted by Gasteiger charge is -2.08. The number of aryl methyl sites for hydroxylation is 1. The molecule has 0 fully saturated rings. The SMILES string of the molecule is CCOc1ccc(NCCC(=O)c2ccc(C)cc2)cc1. The van der Waals surface area contributed by atoms with Gasteiger partial charge in [0.1, 0.15) is 5.75 Å². The summed E-state index contributed by atoms with van der Waals surface area (Å²) in [5.41, 5.74) is 2.93. The van der Waals surface area contributed by atoms with E-state index in [2.05, 4.69) is 5.32 Å². The third-order valence-corrected chi connectivity index (χ3v) is 3.22. The van der Waals surface area contributed by atoms with Crippen molar-refractivity contribution in [1.82, 2.24) is 0 Å². The van der Waals surface area contributed by atoms with Crippen LogP contribution in [0.2, 0.25) is 0 Å². The zero-order valence-corrected chi connectivity index (χ0v) is 12.6. The van der Waals surface area contributed by atoms with Crippen molar-refractivity contribution in [3.05, 3.63) is 59.7 Å². The van der Waals surface area contributed by atoms with Crippen LogP contribution < -0.4 is 10.1 Å². The average Bonchev–Trinajstić information content (AvgIpc) is 2.50. The predicted molar refractivity (Wildman–Crippen MR) is 86.2 cm³/mol. The first-order valence-corrected chi connectivity index (χ1v) is 7.25. The number of anilines is 1. The Hall–Kier alpha value is -2.29. The van der Waals surface area contributed by atoms with Gasteiger partial charge in [0.25, 0.3) is 0 Å². The molecule has 2 aromatic carbocycles. The Bertz CT molecular complexity index is 573. The fourth-order valence-electron chi connectivity index (χ4n) is 2.04. The highest BCUT2D eigenvalue weighted by molar-refractivity contribution is 5.96. The van der Waals surface area contributed by atoms with Crippen molar-refractivity contribution in [1.29, 1.82) is 0 Å². The number of Topliss-reactive ketones (excluding diaryl/α,β-unsaturated/α-hetero) is 1. The van der Waals surface area contributed by atoms with Crippen LogP contribution in [-0.2, 0) is 0 Å². The maximum atomic E-state index is 12.0. The zero-order valence-electron chi connectivity index (χ0n) is 12.6. The molecule has 0 saturated heterocycles. The van der Waals surface area contributed by atoms with Crippen LogP contribution in [0.1, 0.15) is 29.3 Å². The van der Waals surface area contributed by atoms with Gasteiger partial charge in [-0.05, 0) is 38.1 Å².